The number of aliphatic carboxylic acids is 1. The molecule has 1 aliphatic heterocycles. The fourth-order valence-electron chi connectivity index (χ4n) is 0.604. The number of thioether (sulfide) groups is 1. The van der Waals surface area contributed by atoms with Crippen LogP contribution in [0.5, 0.6) is 0 Å². The van der Waals surface area contributed by atoms with Crippen molar-refractivity contribution in [3.05, 3.63) is 23.9 Å². The first-order chi connectivity index (χ1) is 6.11. The van der Waals surface area contributed by atoms with Crippen LogP contribution in [0.3, 0.4) is 0 Å². The number of carbonyl (C=O) groups is 1. The molecule has 5 heteroatoms. The van der Waals surface area contributed by atoms with Gasteiger partial charge in [0.25, 0.3) is 0 Å². The van der Waals surface area contributed by atoms with Crippen LogP contribution in [0.2, 0.25) is 0 Å². The highest BCUT2D eigenvalue weighted by atomic mass is 32.2. The zero-order chi connectivity index (χ0) is 10.3. The molecular formula is C8H14N2O2S. The number of allylic oxidation sites excluding steroid dienone is 1. The average Bonchev–Trinajstić information content (AvgIpc) is 2.52. The van der Waals surface area contributed by atoms with Crippen molar-refractivity contribution in [3.8, 4) is 0 Å². The minimum absolute atomic E-state index is 0.278. The van der Waals surface area contributed by atoms with E-state index in [1.165, 1.54) is 5.70 Å². The van der Waals surface area contributed by atoms with Gasteiger partial charge < -0.3 is 15.7 Å². The van der Waals surface area contributed by atoms with E-state index in [9.17, 15) is 4.79 Å². The molecule has 0 atom stereocenters. The predicted octanol–water partition coefficient (Wildman–Crippen LogP) is 1.03. The summed E-state index contributed by atoms with van der Waals surface area (Å²) >= 11 is 1.81. The lowest BCUT2D eigenvalue weighted by molar-refractivity contribution is -0.135. The van der Waals surface area contributed by atoms with E-state index < -0.39 is 5.97 Å². The Bertz CT molecular complexity index is 216. The van der Waals surface area contributed by atoms with Gasteiger partial charge in [0, 0.05) is 5.70 Å². The maximum atomic E-state index is 9.24. The quantitative estimate of drug-likeness (QED) is 0.700. The van der Waals surface area contributed by atoms with Gasteiger partial charge in [-0.15, -0.1) is 11.8 Å². The summed E-state index contributed by atoms with van der Waals surface area (Å²) in [5, 5.41) is 9.74. The van der Waals surface area contributed by atoms with E-state index in [0.717, 1.165) is 5.88 Å². The van der Waals surface area contributed by atoms with Crippen LogP contribution in [0, 0.1) is 0 Å². The maximum absolute atomic E-state index is 9.24. The van der Waals surface area contributed by atoms with Crippen molar-refractivity contribution in [3.63, 3.8) is 0 Å². The van der Waals surface area contributed by atoms with Crippen molar-refractivity contribution in [2.45, 2.75) is 6.92 Å². The molecule has 0 saturated heterocycles. The summed E-state index contributed by atoms with van der Waals surface area (Å²) in [4.78, 5) is 11.4. The van der Waals surface area contributed by atoms with Crippen LogP contribution in [0.4, 0.5) is 0 Å². The summed E-state index contributed by atoms with van der Waals surface area (Å²) in [7, 11) is 0. The average molecular weight is 202 g/mol. The zero-order valence-electron chi connectivity index (χ0n) is 7.56. The monoisotopic (exact) mass is 202 g/mol. The van der Waals surface area contributed by atoms with Gasteiger partial charge in [-0.2, -0.15) is 0 Å². The van der Waals surface area contributed by atoms with E-state index >= 15 is 0 Å². The number of nitrogens with zero attached hydrogens (tertiary/aromatic N) is 1. The third-order valence-electron chi connectivity index (χ3n) is 1.32. The van der Waals surface area contributed by atoms with Gasteiger partial charge in [-0.05, 0) is 18.5 Å². The third-order valence-corrected chi connectivity index (χ3v) is 2.25. The Morgan fingerprint density at radius 1 is 2.00 bits per heavy atom. The number of nitrogens with two attached hydrogens (primary N) is 1. The molecule has 74 valence electrons. The molecule has 1 heterocycles. The Morgan fingerprint density at radius 2 is 2.54 bits per heavy atom. The molecule has 0 aromatic heterocycles. The molecule has 0 radical (unpaired) electrons. The van der Waals surface area contributed by atoms with Gasteiger partial charge in [0.15, 0.2) is 0 Å². The normalized spacial score (nSPS) is 14.3. The molecule has 0 bridgehead atoms. The van der Waals surface area contributed by atoms with Gasteiger partial charge in [0.1, 0.15) is 0 Å². The van der Waals surface area contributed by atoms with Crippen LogP contribution in [0.15, 0.2) is 23.9 Å². The summed E-state index contributed by atoms with van der Waals surface area (Å²) in [6.45, 7) is 5.47. The Morgan fingerprint density at radius 3 is 2.69 bits per heavy atom. The summed E-state index contributed by atoms with van der Waals surface area (Å²) in [5.74, 6) is 0.0694. The van der Waals surface area contributed by atoms with E-state index in [1.54, 1.807) is 0 Å². The molecule has 4 nitrogen and oxygen atoms in total. The van der Waals surface area contributed by atoms with Crippen molar-refractivity contribution >= 4 is 17.7 Å². The standard InChI is InChI=1S/C6H9NS.C2H5NO2/c1-3-7-5-8-4-6(7)2;3-1-2(4)5/h3-4H,1,5H2,2H3;1,3H2,(H,4,5). The largest absolute Gasteiger partial charge is 0.480 e. The summed E-state index contributed by atoms with van der Waals surface area (Å²) in [6.07, 6.45) is 1.85. The van der Waals surface area contributed by atoms with Gasteiger partial charge >= 0.3 is 5.97 Å². The molecule has 0 aromatic rings. The Kier molecular flexibility index (Phi) is 6.09. The van der Waals surface area contributed by atoms with Crippen molar-refractivity contribution in [2.75, 3.05) is 12.4 Å². The van der Waals surface area contributed by atoms with E-state index in [2.05, 4.69) is 29.5 Å². The zero-order valence-corrected chi connectivity index (χ0v) is 8.38. The molecule has 13 heavy (non-hydrogen) atoms. The van der Waals surface area contributed by atoms with Crippen LogP contribution in [-0.2, 0) is 4.79 Å². The lowest BCUT2D eigenvalue weighted by Gasteiger charge is -2.10. The Balaban J connectivity index is 0.000000252. The van der Waals surface area contributed by atoms with Crippen LogP contribution in [0.25, 0.3) is 0 Å². The Labute approximate surface area is 82.1 Å². The number of carboxylic acid groups (broad SMARTS) is 1. The van der Waals surface area contributed by atoms with Crippen LogP contribution < -0.4 is 5.73 Å². The Hall–Kier alpha value is -0.940. The van der Waals surface area contributed by atoms with E-state index in [-0.39, 0.29) is 6.54 Å². The first kappa shape index (κ1) is 12.1. The summed E-state index contributed by atoms with van der Waals surface area (Å²) in [6, 6.07) is 0. The molecule has 0 amide bonds. The minimum Gasteiger partial charge on any atom is -0.480 e. The smallest absolute Gasteiger partial charge is 0.317 e. The molecule has 0 unspecified atom stereocenters. The highest BCUT2D eigenvalue weighted by molar-refractivity contribution is 8.02. The van der Waals surface area contributed by atoms with Gasteiger partial charge in [-0.25, -0.2) is 0 Å². The number of rotatable bonds is 2. The van der Waals surface area contributed by atoms with Crippen molar-refractivity contribution in [1.29, 1.82) is 0 Å². The molecule has 1 aliphatic rings. The highest BCUT2D eigenvalue weighted by Gasteiger charge is 2.05. The second-order valence-corrected chi connectivity index (χ2v) is 3.13. The van der Waals surface area contributed by atoms with Crippen LogP contribution in [-0.4, -0.2) is 28.4 Å². The van der Waals surface area contributed by atoms with Crippen LogP contribution in [0.1, 0.15) is 6.92 Å². The van der Waals surface area contributed by atoms with E-state index in [0.29, 0.717) is 0 Å². The fraction of sp³-hybridized carbons (Fsp3) is 0.375. The van der Waals surface area contributed by atoms with Gasteiger partial charge in [-0.1, -0.05) is 6.58 Å². The first-order valence-corrected chi connectivity index (χ1v) is 4.76. The van der Waals surface area contributed by atoms with E-state index in [1.807, 2.05) is 18.0 Å². The highest BCUT2D eigenvalue weighted by Crippen LogP contribution is 2.21. The van der Waals surface area contributed by atoms with Gasteiger partial charge in [0.2, 0.25) is 0 Å². The molecule has 0 spiro atoms. The molecule has 1 rings (SSSR count). The van der Waals surface area contributed by atoms with Crippen LogP contribution >= 0.6 is 11.8 Å². The first-order valence-electron chi connectivity index (χ1n) is 3.71. The molecule has 0 fully saturated rings. The second-order valence-electron chi connectivity index (χ2n) is 2.31. The third kappa shape index (κ3) is 5.32. The fourth-order valence-corrected chi connectivity index (χ4v) is 1.53. The number of carboxylic acids is 1. The molecule has 0 aliphatic carbocycles. The summed E-state index contributed by atoms with van der Waals surface area (Å²) < 4.78 is 0. The molecule has 0 saturated carbocycles. The van der Waals surface area contributed by atoms with Gasteiger partial charge in [-0.3, -0.25) is 4.79 Å². The van der Waals surface area contributed by atoms with Crippen molar-refractivity contribution in [2.24, 2.45) is 5.73 Å². The molecule has 0 aromatic carbocycles. The topological polar surface area (TPSA) is 66.6 Å². The van der Waals surface area contributed by atoms with Crippen molar-refractivity contribution < 1.29 is 9.90 Å². The van der Waals surface area contributed by atoms with E-state index in [4.69, 9.17) is 5.11 Å². The van der Waals surface area contributed by atoms with Crippen molar-refractivity contribution in [1.82, 2.24) is 4.90 Å². The predicted molar refractivity (Wildman–Crippen MR) is 54.9 cm³/mol. The molecule has 3 N–H and O–H groups in total. The number of hydrogen-bond donors (Lipinski definition) is 2. The lowest BCUT2D eigenvalue weighted by Crippen LogP contribution is -2.10. The van der Waals surface area contributed by atoms with Gasteiger partial charge in [0.05, 0.1) is 12.4 Å². The second kappa shape index (κ2) is 6.56. The SMILES string of the molecule is C=CN1CSC=C1C.NCC(=O)O. The minimum atomic E-state index is -0.968. The molecular weight excluding hydrogens is 188 g/mol. The lowest BCUT2D eigenvalue weighted by atomic mass is 10.5. The number of hydrogen-bond acceptors (Lipinski definition) is 4. The summed E-state index contributed by atoms with van der Waals surface area (Å²) in [5.41, 5.74) is 5.87. The maximum Gasteiger partial charge on any atom is 0.317 e.